The predicted octanol–water partition coefficient (Wildman–Crippen LogP) is 4.46. The van der Waals surface area contributed by atoms with Gasteiger partial charge in [-0.25, -0.2) is 0 Å². The normalized spacial score (nSPS) is 16.0. The van der Waals surface area contributed by atoms with E-state index in [1.807, 2.05) is 0 Å². The zero-order valence-corrected chi connectivity index (χ0v) is 15.7. The molecule has 0 amide bonds. The number of fused-ring (bicyclic) bond motifs is 1. The molecule has 0 N–H and O–H groups in total. The summed E-state index contributed by atoms with van der Waals surface area (Å²) in [6, 6.07) is 14.9. The second-order valence-electron chi connectivity index (χ2n) is 6.81. The van der Waals surface area contributed by atoms with E-state index >= 15 is 0 Å². The highest BCUT2D eigenvalue weighted by atomic mass is 35.5. The first-order valence-electron chi connectivity index (χ1n) is 8.06. The molecule has 1 aliphatic rings. The van der Waals surface area contributed by atoms with Gasteiger partial charge in [0.2, 0.25) is 0 Å². The molecule has 24 heavy (non-hydrogen) atoms. The summed E-state index contributed by atoms with van der Waals surface area (Å²) in [5, 5.41) is 0. The van der Waals surface area contributed by atoms with Crippen molar-refractivity contribution in [1.82, 2.24) is 4.90 Å². The van der Waals surface area contributed by atoms with Gasteiger partial charge in [0.1, 0.15) is 0 Å². The van der Waals surface area contributed by atoms with E-state index < -0.39 is 0 Å². The number of benzene rings is 2. The lowest BCUT2D eigenvalue weighted by Crippen LogP contribution is -2.47. The van der Waals surface area contributed by atoms with Crippen LogP contribution in [0, 0.1) is 0 Å². The molecule has 0 saturated heterocycles. The Morgan fingerprint density at radius 1 is 0.958 bits per heavy atom. The number of nitrogens with zero attached hydrogens (tertiary/aromatic N) is 1. The lowest BCUT2D eigenvalue weighted by atomic mass is 9.85. The van der Waals surface area contributed by atoms with E-state index in [0.29, 0.717) is 0 Å². The van der Waals surface area contributed by atoms with E-state index in [0.717, 1.165) is 31.0 Å². The van der Waals surface area contributed by atoms with Crippen LogP contribution < -0.4 is 9.47 Å². The van der Waals surface area contributed by atoms with Crippen LogP contribution in [0.2, 0.25) is 0 Å². The minimum Gasteiger partial charge on any atom is -0.493 e. The highest BCUT2D eigenvalue weighted by Gasteiger charge is 2.33. The van der Waals surface area contributed by atoms with Crippen LogP contribution in [-0.4, -0.2) is 24.7 Å². The highest BCUT2D eigenvalue weighted by Crippen LogP contribution is 2.38. The molecule has 0 aliphatic carbocycles. The van der Waals surface area contributed by atoms with Crippen LogP contribution in [0.5, 0.6) is 11.5 Å². The van der Waals surface area contributed by atoms with Gasteiger partial charge in [0.25, 0.3) is 0 Å². The molecule has 0 saturated carbocycles. The van der Waals surface area contributed by atoms with Gasteiger partial charge in [-0.15, -0.1) is 12.4 Å². The van der Waals surface area contributed by atoms with Crippen molar-refractivity contribution >= 4 is 12.4 Å². The maximum Gasteiger partial charge on any atom is 0.161 e. The van der Waals surface area contributed by atoms with Crippen LogP contribution in [0.1, 0.15) is 30.5 Å². The topological polar surface area (TPSA) is 21.7 Å². The molecular formula is C20H26ClNO2. The standard InChI is InChI=1S/C20H25NO2.ClH/c1-20(2)12-16-10-18(22-3)19(23-4)11-17(16)14-21(20)13-15-8-6-5-7-9-15;/h5-11H,12-14H2,1-4H3;1H. The van der Waals surface area contributed by atoms with Crippen molar-refractivity contribution in [3.05, 3.63) is 59.2 Å². The Morgan fingerprint density at radius 3 is 2.12 bits per heavy atom. The fourth-order valence-corrected chi connectivity index (χ4v) is 3.35. The molecule has 0 spiro atoms. The summed E-state index contributed by atoms with van der Waals surface area (Å²) in [5.41, 5.74) is 4.15. The van der Waals surface area contributed by atoms with Crippen molar-refractivity contribution in [2.24, 2.45) is 0 Å². The minimum atomic E-state index is 0. The van der Waals surface area contributed by atoms with E-state index in [1.165, 1.54) is 16.7 Å². The Labute approximate surface area is 151 Å². The van der Waals surface area contributed by atoms with Crippen LogP contribution in [-0.2, 0) is 19.5 Å². The van der Waals surface area contributed by atoms with Crippen LogP contribution in [0.25, 0.3) is 0 Å². The Kier molecular flexibility index (Phi) is 5.79. The van der Waals surface area contributed by atoms with E-state index in [2.05, 4.69) is 61.2 Å². The average molecular weight is 348 g/mol. The molecule has 0 fully saturated rings. The van der Waals surface area contributed by atoms with Crippen molar-refractivity contribution in [2.75, 3.05) is 14.2 Å². The van der Waals surface area contributed by atoms with Gasteiger partial charge in [0, 0.05) is 18.6 Å². The molecule has 0 bridgehead atoms. The molecule has 2 aromatic carbocycles. The number of hydrogen-bond donors (Lipinski definition) is 0. The summed E-state index contributed by atoms with van der Waals surface area (Å²) in [7, 11) is 3.39. The predicted molar refractivity (Wildman–Crippen MR) is 100 cm³/mol. The molecule has 130 valence electrons. The Balaban J connectivity index is 0.00000208. The van der Waals surface area contributed by atoms with E-state index in [1.54, 1.807) is 14.2 Å². The molecule has 1 aliphatic heterocycles. The Bertz CT molecular complexity index is 686. The quantitative estimate of drug-likeness (QED) is 0.814. The maximum atomic E-state index is 5.46. The van der Waals surface area contributed by atoms with Gasteiger partial charge in [-0.2, -0.15) is 0 Å². The number of halogens is 1. The van der Waals surface area contributed by atoms with Gasteiger partial charge in [0.05, 0.1) is 14.2 Å². The SMILES string of the molecule is COc1cc2c(cc1OC)CC(C)(C)N(Cc1ccccc1)C2.Cl. The molecular weight excluding hydrogens is 322 g/mol. The lowest BCUT2D eigenvalue weighted by Gasteiger charge is -2.43. The van der Waals surface area contributed by atoms with Crippen LogP contribution in [0.4, 0.5) is 0 Å². The zero-order valence-electron chi connectivity index (χ0n) is 14.8. The lowest BCUT2D eigenvalue weighted by molar-refractivity contribution is 0.0887. The largest absolute Gasteiger partial charge is 0.493 e. The molecule has 4 heteroatoms. The second-order valence-corrected chi connectivity index (χ2v) is 6.81. The van der Waals surface area contributed by atoms with Gasteiger partial charge < -0.3 is 9.47 Å². The Hall–Kier alpha value is -1.71. The van der Waals surface area contributed by atoms with E-state index in [-0.39, 0.29) is 17.9 Å². The van der Waals surface area contributed by atoms with Crippen molar-refractivity contribution in [2.45, 2.75) is 38.9 Å². The van der Waals surface area contributed by atoms with Gasteiger partial charge in [-0.3, -0.25) is 4.90 Å². The van der Waals surface area contributed by atoms with Crippen molar-refractivity contribution in [3.8, 4) is 11.5 Å². The van der Waals surface area contributed by atoms with E-state index in [9.17, 15) is 0 Å². The molecule has 3 nitrogen and oxygen atoms in total. The van der Waals surface area contributed by atoms with Crippen molar-refractivity contribution in [3.63, 3.8) is 0 Å². The Morgan fingerprint density at radius 2 is 1.54 bits per heavy atom. The first-order chi connectivity index (χ1) is 11.0. The molecule has 0 aromatic heterocycles. The summed E-state index contributed by atoms with van der Waals surface area (Å²) >= 11 is 0. The first kappa shape index (κ1) is 18.6. The molecule has 3 rings (SSSR count). The smallest absolute Gasteiger partial charge is 0.161 e. The van der Waals surface area contributed by atoms with Crippen LogP contribution >= 0.6 is 12.4 Å². The molecule has 2 aromatic rings. The number of methoxy groups -OCH3 is 2. The fraction of sp³-hybridized carbons (Fsp3) is 0.400. The molecule has 0 unspecified atom stereocenters. The third-order valence-electron chi connectivity index (χ3n) is 4.76. The second kappa shape index (κ2) is 7.45. The van der Waals surface area contributed by atoms with Crippen LogP contribution in [0.3, 0.4) is 0 Å². The summed E-state index contributed by atoms with van der Waals surface area (Å²) in [6.45, 7) is 6.52. The number of ether oxygens (including phenoxy) is 2. The minimum absolute atomic E-state index is 0. The monoisotopic (exact) mass is 347 g/mol. The molecule has 1 heterocycles. The summed E-state index contributed by atoms with van der Waals surface area (Å²) in [5.74, 6) is 1.63. The van der Waals surface area contributed by atoms with E-state index in [4.69, 9.17) is 9.47 Å². The first-order valence-corrected chi connectivity index (χ1v) is 8.06. The third-order valence-corrected chi connectivity index (χ3v) is 4.76. The maximum absolute atomic E-state index is 5.46. The highest BCUT2D eigenvalue weighted by molar-refractivity contribution is 5.85. The summed E-state index contributed by atoms with van der Waals surface area (Å²) in [4.78, 5) is 2.54. The van der Waals surface area contributed by atoms with Gasteiger partial charge >= 0.3 is 0 Å². The van der Waals surface area contributed by atoms with Gasteiger partial charge in [0.15, 0.2) is 11.5 Å². The van der Waals surface area contributed by atoms with Crippen LogP contribution in [0.15, 0.2) is 42.5 Å². The fourth-order valence-electron chi connectivity index (χ4n) is 3.35. The van der Waals surface area contributed by atoms with Gasteiger partial charge in [-0.05, 0) is 49.1 Å². The molecule has 0 atom stereocenters. The van der Waals surface area contributed by atoms with Crippen molar-refractivity contribution in [1.29, 1.82) is 0 Å². The third kappa shape index (κ3) is 3.68. The number of rotatable bonds is 4. The van der Waals surface area contributed by atoms with Crippen molar-refractivity contribution < 1.29 is 9.47 Å². The van der Waals surface area contributed by atoms with Gasteiger partial charge in [-0.1, -0.05) is 30.3 Å². The number of hydrogen-bond acceptors (Lipinski definition) is 3. The zero-order chi connectivity index (χ0) is 16.4. The average Bonchev–Trinajstić information content (AvgIpc) is 2.55. The molecule has 0 radical (unpaired) electrons. The summed E-state index contributed by atoms with van der Waals surface area (Å²) in [6.07, 6.45) is 1.01. The summed E-state index contributed by atoms with van der Waals surface area (Å²) < 4.78 is 10.9.